The smallest absolute Gasteiger partial charge is 0.254 e. The highest BCUT2D eigenvalue weighted by atomic mass is 16.5. The molecule has 0 saturated carbocycles. The van der Waals surface area contributed by atoms with Crippen LogP contribution in [0.5, 0.6) is 5.75 Å². The van der Waals surface area contributed by atoms with Gasteiger partial charge in [0.1, 0.15) is 5.75 Å². The van der Waals surface area contributed by atoms with E-state index in [9.17, 15) is 4.79 Å². The summed E-state index contributed by atoms with van der Waals surface area (Å²) in [7, 11) is 1.77. The second kappa shape index (κ2) is 8.67. The van der Waals surface area contributed by atoms with E-state index in [1.165, 1.54) is 6.20 Å². The fraction of sp³-hybridized carbons (Fsp3) is 0.167. The van der Waals surface area contributed by atoms with Crippen molar-refractivity contribution in [1.29, 1.82) is 0 Å². The number of carbonyl (C=O) groups is 1. The van der Waals surface area contributed by atoms with Gasteiger partial charge in [-0.15, -0.1) is 0 Å². The molecule has 7 nitrogen and oxygen atoms in total. The van der Waals surface area contributed by atoms with Gasteiger partial charge in [0, 0.05) is 42.5 Å². The zero-order valence-electron chi connectivity index (χ0n) is 17.3. The van der Waals surface area contributed by atoms with Crippen LogP contribution in [-0.4, -0.2) is 39.6 Å². The third-order valence-electron chi connectivity index (χ3n) is 5.01. The monoisotopic (exact) mass is 411 g/mol. The van der Waals surface area contributed by atoms with Crippen molar-refractivity contribution in [3.05, 3.63) is 83.6 Å². The number of nitrogens with zero attached hydrogens (tertiary/aromatic N) is 4. The number of aromatic amines is 1. The minimum absolute atomic E-state index is 0.114. The normalized spacial score (nSPS) is 10.6. The highest BCUT2D eigenvalue weighted by molar-refractivity contribution is 5.96. The van der Waals surface area contributed by atoms with E-state index in [2.05, 4.69) is 20.0 Å². The Kier molecular flexibility index (Phi) is 5.63. The van der Waals surface area contributed by atoms with Gasteiger partial charge < -0.3 is 9.64 Å². The van der Waals surface area contributed by atoms with Gasteiger partial charge in [-0.2, -0.15) is 5.10 Å². The third kappa shape index (κ3) is 4.09. The largest absolute Gasteiger partial charge is 0.493 e. The lowest BCUT2D eigenvalue weighted by Gasteiger charge is -2.19. The van der Waals surface area contributed by atoms with Gasteiger partial charge in [-0.05, 0) is 42.3 Å². The second-order valence-corrected chi connectivity index (χ2v) is 7.10. The van der Waals surface area contributed by atoms with Crippen molar-refractivity contribution >= 4 is 22.5 Å². The van der Waals surface area contributed by atoms with Crippen LogP contribution in [0.25, 0.3) is 26.9 Å². The van der Waals surface area contributed by atoms with Crippen molar-refractivity contribution in [2.75, 3.05) is 13.7 Å². The first-order chi connectivity index (χ1) is 15.1. The van der Waals surface area contributed by atoms with Crippen molar-refractivity contribution in [1.82, 2.24) is 20.1 Å². The van der Waals surface area contributed by atoms with Crippen molar-refractivity contribution in [2.45, 2.75) is 13.5 Å². The lowest BCUT2D eigenvalue weighted by atomic mass is 10.0. The summed E-state index contributed by atoms with van der Waals surface area (Å²) in [4.78, 5) is 22.4. The van der Waals surface area contributed by atoms with Gasteiger partial charge in [0.05, 0.1) is 24.9 Å². The van der Waals surface area contributed by atoms with Crippen molar-refractivity contribution < 1.29 is 9.53 Å². The average Bonchev–Trinajstić information content (AvgIpc) is 3.29. The number of H-pyrrole nitrogens is 1. The molecule has 1 N–H and O–H groups in total. The molecule has 31 heavy (non-hydrogen) atoms. The quantitative estimate of drug-likeness (QED) is 0.461. The number of ether oxygens (including phenoxy) is 1. The number of carbonyl (C=O) groups excluding carboxylic acids is 1. The Balaban J connectivity index is 1.62. The Bertz CT molecular complexity index is 1290. The van der Waals surface area contributed by atoms with Crippen LogP contribution in [0.2, 0.25) is 0 Å². The molecule has 4 rings (SSSR count). The highest BCUT2D eigenvalue weighted by Gasteiger charge is 2.17. The molecular formula is C24H21N5O2. The van der Waals surface area contributed by atoms with E-state index < -0.39 is 0 Å². The van der Waals surface area contributed by atoms with E-state index in [0.717, 1.165) is 27.6 Å². The van der Waals surface area contributed by atoms with Gasteiger partial charge in [0.2, 0.25) is 5.69 Å². The highest BCUT2D eigenvalue weighted by Crippen LogP contribution is 2.33. The Morgan fingerprint density at radius 1 is 1.19 bits per heavy atom. The summed E-state index contributed by atoms with van der Waals surface area (Å²) >= 11 is 0. The standard InChI is InChI=1S/C24H21N5O2/c1-4-31-22-11-16(8-9-21(22)19-10-20(25-2)14-26-12-19)24(30)29(3)15-18-7-5-6-17-13-27-28-23(17)18/h5-14H,4,15H2,1,3H3,(H,27,28). The average molecular weight is 411 g/mol. The molecule has 0 aliphatic rings. The summed E-state index contributed by atoms with van der Waals surface area (Å²) in [5, 5.41) is 8.10. The molecule has 7 heteroatoms. The Morgan fingerprint density at radius 3 is 2.87 bits per heavy atom. The van der Waals surface area contributed by atoms with Crippen LogP contribution in [0.4, 0.5) is 5.69 Å². The summed E-state index contributed by atoms with van der Waals surface area (Å²) in [5.74, 6) is 0.471. The number of aromatic nitrogens is 3. The molecule has 0 atom stereocenters. The van der Waals surface area contributed by atoms with Gasteiger partial charge >= 0.3 is 0 Å². The van der Waals surface area contributed by atoms with Crippen LogP contribution >= 0.6 is 0 Å². The molecule has 0 bridgehead atoms. The number of hydrogen-bond acceptors (Lipinski definition) is 4. The molecule has 0 spiro atoms. The van der Waals surface area contributed by atoms with Crippen LogP contribution in [0.3, 0.4) is 0 Å². The number of fused-ring (bicyclic) bond motifs is 1. The molecule has 0 aliphatic heterocycles. The van der Waals surface area contributed by atoms with Gasteiger partial charge in [0.15, 0.2) is 0 Å². The maximum Gasteiger partial charge on any atom is 0.254 e. The number of amides is 1. The fourth-order valence-corrected chi connectivity index (χ4v) is 3.51. The van der Waals surface area contributed by atoms with Crippen molar-refractivity contribution in [2.24, 2.45) is 0 Å². The van der Waals surface area contributed by atoms with Gasteiger partial charge in [-0.25, -0.2) is 4.85 Å². The molecule has 0 fully saturated rings. The van der Waals surface area contributed by atoms with E-state index in [1.54, 1.807) is 42.5 Å². The van der Waals surface area contributed by atoms with Crippen LogP contribution < -0.4 is 4.74 Å². The number of nitrogens with one attached hydrogen (secondary N) is 1. The van der Waals surface area contributed by atoms with Crippen LogP contribution in [0.1, 0.15) is 22.8 Å². The van der Waals surface area contributed by atoms with E-state index >= 15 is 0 Å². The molecule has 1 amide bonds. The summed E-state index contributed by atoms with van der Waals surface area (Å²) in [6.45, 7) is 10.00. The molecule has 4 aromatic rings. The van der Waals surface area contributed by atoms with Crippen LogP contribution in [0.15, 0.2) is 61.1 Å². The summed E-state index contributed by atoms with van der Waals surface area (Å²) < 4.78 is 5.81. The zero-order chi connectivity index (χ0) is 21.8. The molecule has 2 aromatic heterocycles. The van der Waals surface area contributed by atoms with Gasteiger partial charge in [0.25, 0.3) is 5.91 Å². The Morgan fingerprint density at radius 2 is 2.06 bits per heavy atom. The molecular weight excluding hydrogens is 390 g/mol. The molecule has 2 aromatic carbocycles. The van der Waals surface area contributed by atoms with Crippen LogP contribution in [-0.2, 0) is 6.54 Å². The number of pyridine rings is 1. The summed E-state index contributed by atoms with van der Waals surface area (Å²) in [6, 6.07) is 13.0. The zero-order valence-corrected chi connectivity index (χ0v) is 17.3. The van der Waals surface area contributed by atoms with Crippen molar-refractivity contribution in [3.63, 3.8) is 0 Å². The minimum Gasteiger partial charge on any atom is -0.493 e. The lowest BCUT2D eigenvalue weighted by Crippen LogP contribution is -2.26. The number of rotatable bonds is 6. The maximum absolute atomic E-state index is 13.1. The molecule has 154 valence electrons. The molecule has 0 aliphatic carbocycles. The molecule has 2 heterocycles. The first-order valence-electron chi connectivity index (χ1n) is 9.87. The molecule has 0 saturated heterocycles. The molecule has 0 unspecified atom stereocenters. The van der Waals surface area contributed by atoms with Crippen molar-refractivity contribution in [3.8, 4) is 16.9 Å². The lowest BCUT2D eigenvalue weighted by molar-refractivity contribution is 0.0785. The minimum atomic E-state index is -0.114. The SMILES string of the molecule is [C-]#[N+]c1cncc(-c2ccc(C(=O)N(C)Cc3cccc4cn[nH]c34)cc2OCC)c1. The topological polar surface area (TPSA) is 75.5 Å². The maximum atomic E-state index is 13.1. The molecule has 0 radical (unpaired) electrons. The number of benzene rings is 2. The second-order valence-electron chi connectivity index (χ2n) is 7.10. The summed E-state index contributed by atoms with van der Waals surface area (Å²) in [5.41, 5.74) is 4.47. The summed E-state index contributed by atoms with van der Waals surface area (Å²) in [6.07, 6.45) is 4.97. The van der Waals surface area contributed by atoms with E-state index in [1.807, 2.05) is 31.2 Å². The Hall–Kier alpha value is -4.18. The fourth-order valence-electron chi connectivity index (χ4n) is 3.51. The predicted octanol–water partition coefficient (Wildman–Crippen LogP) is 4.85. The third-order valence-corrected chi connectivity index (χ3v) is 5.01. The Labute approximate surface area is 180 Å². The number of hydrogen-bond donors (Lipinski definition) is 1. The van der Waals surface area contributed by atoms with Crippen LogP contribution in [0, 0.1) is 6.57 Å². The van der Waals surface area contributed by atoms with Gasteiger partial charge in [-0.3, -0.25) is 14.9 Å². The van der Waals surface area contributed by atoms with Gasteiger partial charge in [-0.1, -0.05) is 18.2 Å². The number of para-hydroxylation sites is 1. The van der Waals surface area contributed by atoms with E-state index in [-0.39, 0.29) is 5.91 Å². The first-order valence-corrected chi connectivity index (χ1v) is 9.87. The van der Waals surface area contributed by atoms with E-state index in [4.69, 9.17) is 11.3 Å². The van der Waals surface area contributed by atoms with E-state index in [0.29, 0.717) is 30.2 Å². The predicted molar refractivity (Wildman–Crippen MR) is 119 cm³/mol. The first kappa shape index (κ1) is 20.1.